The van der Waals surface area contributed by atoms with E-state index < -0.39 is 0 Å². The molecule has 2 unspecified atom stereocenters. The van der Waals surface area contributed by atoms with Gasteiger partial charge in [-0.3, -0.25) is 5.32 Å². The number of allylic oxidation sites excluding steroid dienone is 2. The van der Waals surface area contributed by atoms with Crippen LogP contribution in [0.5, 0.6) is 0 Å². The van der Waals surface area contributed by atoms with Crippen LogP contribution in [0.4, 0.5) is 0 Å². The van der Waals surface area contributed by atoms with Crippen molar-refractivity contribution in [1.82, 2.24) is 5.32 Å². The molecule has 21 heavy (non-hydrogen) atoms. The third kappa shape index (κ3) is 11.0. The molecule has 0 spiro atoms. The summed E-state index contributed by atoms with van der Waals surface area (Å²) >= 11 is 0. The number of hydrogen-bond donors (Lipinski definition) is 1. The number of ether oxygens (including phenoxy) is 1. The normalized spacial score (nSPS) is 21.5. The lowest BCUT2D eigenvalue weighted by Gasteiger charge is -2.03. The number of rotatable bonds is 14. The summed E-state index contributed by atoms with van der Waals surface area (Å²) in [7, 11) is 0. The van der Waals surface area contributed by atoms with Crippen molar-refractivity contribution in [2.75, 3.05) is 6.54 Å². The van der Waals surface area contributed by atoms with Gasteiger partial charge in [0.15, 0.2) is 0 Å². The number of nitrogens with one attached hydrogen (secondary N) is 1. The molecule has 0 radical (unpaired) electrons. The molecule has 124 valence electrons. The van der Waals surface area contributed by atoms with Crippen molar-refractivity contribution in [1.29, 1.82) is 0 Å². The predicted molar refractivity (Wildman–Crippen MR) is 92.5 cm³/mol. The van der Waals surface area contributed by atoms with Crippen molar-refractivity contribution in [3.8, 4) is 0 Å². The van der Waals surface area contributed by atoms with E-state index >= 15 is 0 Å². The van der Waals surface area contributed by atoms with Crippen LogP contribution in [0.1, 0.15) is 85.0 Å². The molecule has 2 atom stereocenters. The van der Waals surface area contributed by atoms with Gasteiger partial charge in [0.25, 0.3) is 0 Å². The van der Waals surface area contributed by atoms with Gasteiger partial charge in [-0.2, -0.15) is 0 Å². The summed E-state index contributed by atoms with van der Waals surface area (Å²) in [5, 5.41) is 3.45. The summed E-state index contributed by atoms with van der Waals surface area (Å²) < 4.78 is 5.61. The maximum atomic E-state index is 5.61. The fourth-order valence-electron chi connectivity index (χ4n) is 2.61. The lowest BCUT2D eigenvalue weighted by Crippen LogP contribution is -2.24. The molecule has 1 aliphatic rings. The highest BCUT2D eigenvalue weighted by Gasteiger charge is 2.37. The van der Waals surface area contributed by atoms with Crippen LogP contribution in [0, 0.1) is 5.92 Å². The molecule has 0 aromatic heterocycles. The SMILES string of the molecule is CCCCCCCCC/C=C/CCC1OC1NCC(C)C. The van der Waals surface area contributed by atoms with Crippen molar-refractivity contribution < 1.29 is 4.74 Å². The summed E-state index contributed by atoms with van der Waals surface area (Å²) in [5.41, 5.74) is 0. The monoisotopic (exact) mass is 295 g/mol. The van der Waals surface area contributed by atoms with Crippen molar-refractivity contribution in [2.24, 2.45) is 5.92 Å². The second kappa shape index (κ2) is 12.2. The molecule has 0 bridgehead atoms. The molecule has 0 aromatic rings. The van der Waals surface area contributed by atoms with E-state index in [2.05, 4.69) is 38.2 Å². The van der Waals surface area contributed by atoms with Crippen LogP contribution in [0.25, 0.3) is 0 Å². The van der Waals surface area contributed by atoms with E-state index in [1.807, 2.05) is 0 Å². The zero-order chi connectivity index (χ0) is 15.3. The van der Waals surface area contributed by atoms with Gasteiger partial charge in [-0.25, -0.2) is 0 Å². The quantitative estimate of drug-likeness (QED) is 0.262. The first-order valence-electron chi connectivity index (χ1n) is 9.28. The Morgan fingerprint density at radius 3 is 2.33 bits per heavy atom. The number of hydrogen-bond acceptors (Lipinski definition) is 2. The summed E-state index contributed by atoms with van der Waals surface area (Å²) in [5.74, 6) is 0.705. The van der Waals surface area contributed by atoms with E-state index in [0.29, 0.717) is 18.2 Å². The lowest BCUT2D eigenvalue weighted by atomic mass is 10.1. The van der Waals surface area contributed by atoms with E-state index in [0.717, 1.165) is 6.54 Å². The second-order valence-corrected chi connectivity index (χ2v) is 6.86. The minimum atomic E-state index is 0.337. The van der Waals surface area contributed by atoms with Gasteiger partial charge in [0.1, 0.15) is 6.23 Å². The third-order valence-corrected chi connectivity index (χ3v) is 4.07. The molecule has 2 heteroatoms. The minimum absolute atomic E-state index is 0.337. The van der Waals surface area contributed by atoms with Crippen LogP contribution in [-0.2, 0) is 4.74 Å². The van der Waals surface area contributed by atoms with E-state index in [9.17, 15) is 0 Å². The van der Waals surface area contributed by atoms with Crippen molar-refractivity contribution in [3.05, 3.63) is 12.2 Å². The molecule has 1 N–H and O–H groups in total. The Labute approximate surface area is 132 Å². The molecule has 0 aliphatic carbocycles. The van der Waals surface area contributed by atoms with Gasteiger partial charge in [-0.15, -0.1) is 0 Å². The molecule has 1 rings (SSSR count). The topological polar surface area (TPSA) is 24.6 Å². The van der Waals surface area contributed by atoms with Gasteiger partial charge >= 0.3 is 0 Å². The molecule has 1 saturated heterocycles. The van der Waals surface area contributed by atoms with E-state index in [4.69, 9.17) is 4.74 Å². The smallest absolute Gasteiger partial charge is 0.135 e. The third-order valence-electron chi connectivity index (χ3n) is 4.07. The summed E-state index contributed by atoms with van der Waals surface area (Å²) in [4.78, 5) is 0. The lowest BCUT2D eigenvalue weighted by molar-refractivity contribution is 0.333. The summed E-state index contributed by atoms with van der Waals surface area (Å²) in [6.45, 7) is 7.81. The van der Waals surface area contributed by atoms with Crippen molar-refractivity contribution >= 4 is 0 Å². The Morgan fingerprint density at radius 2 is 1.62 bits per heavy atom. The molecule has 1 heterocycles. The van der Waals surface area contributed by atoms with Crippen molar-refractivity contribution in [3.63, 3.8) is 0 Å². The Hall–Kier alpha value is -0.340. The molecule has 0 saturated carbocycles. The van der Waals surface area contributed by atoms with Gasteiger partial charge in [-0.05, 0) is 38.1 Å². The highest BCUT2D eigenvalue weighted by molar-refractivity contribution is 4.88. The number of epoxide rings is 1. The molecule has 1 fully saturated rings. The molecule has 0 aromatic carbocycles. The van der Waals surface area contributed by atoms with Crippen LogP contribution in [-0.4, -0.2) is 18.9 Å². The molecule has 0 amide bonds. The Balaban J connectivity index is 1.80. The zero-order valence-corrected chi connectivity index (χ0v) is 14.6. The van der Waals surface area contributed by atoms with Gasteiger partial charge in [0.05, 0.1) is 6.10 Å². The summed E-state index contributed by atoms with van der Waals surface area (Å²) in [6, 6.07) is 0. The summed E-state index contributed by atoms with van der Waals surface area (Å²) in [6.07, 6.45) is 18.9. The first-order chi connectivity index (χ1) is 10.2. The van der Waals surface area contributed by atoms with Gasteiger partial charge < -0.3 is 4.74 Å². The second-order valence-electron chi connectivity index (χ2n) is 6.86. The minimum Gasteiger partial charge on any atom is -0.353 e. The fourth-order valence-corrected chi connectivity index (χ4v) is 2.61. The first-order valence-corrected chi connectivity index (χ1v) is 9.28. The van der Waals surface area contributed by atoms with Gasteiger partial charge in [0.2, 0.25) is 0 Å². The van der Waals surface area contributed by atoms with Gasteiger partial charge in [-0.1, -0.05) is 71.4 Å². The Bertz CT molecular complexity index is 262. The molecule has 1 aliphatic heterocycles. The average molecular weight is 296 g/mol. The maximum Gasteiger partial charge on any atom is 0.135 e. The van der Waals surface area contributed by atoms with Crippen LogP contribution >= 0.6 is 0 Å². The van der Waals surface area contributed by atoms with E-state index in [1.54, 1.807) is 0 Å². The van der Waals surface area contributed by atoms with Crippen LogP contribution in [0.15, 0.2) is 12.2 Å². The standard InChI is InChI=1S/C19H37NO/c1-4-5-6-7-8-9-10-11-12-13-14-15-18-19(21-18)20-16-17(2)3/h12-13,17-20H,4-11,14-16H2,1-3H3/b13-12+. The van der Waals surface area contributed by atoms with Crippen molar-refractivity contribution in [2.45, 2.75) is 97.3 Å². The average Bonchev–Trinajstić information content (AvgIpc) is 3.21. The van der Waals surface area contributed by atoms with Gasteiger partial charge in [0, 0.05) is 0 Å². The fraction of sp³-hybridized carbons (Fsp3) is 0.895. The largest absolute Gasteiger partial charge is 0.353 e. The predicted octanol–water partition coefficient (Wildman–Crippen LogP) is 5.43. The number of unbranched alkanes of at least 4 members (excludes halogenated alkanes) is 7. The zero-order valence-electron chi connectivity index (χ0n) is 14.6. The van der Waals surface area contributed by atoms with E-state index in [1.165, 1.54) is 64.2 Å². The maximum absolute atomic E-state index is 5.61. The Morgan fingerprint density at radius 1 is 0.952 bits per heavy atom. The van der Waals surface area contributed by atoms with Crippen LogP contribution < -0.4 is 5.32 Å². The highest BCUT2D eigenvalue weighted by Crippen LogP contribution is 2.24. The molecular weight excluding hydrogens is 258 g/mol. The van der Waals surface area contributed by atoms with Crippen LogP contribution in [0.2, 0.25) is 0 Å². The molecule has 2 nitrogen and oxygen atoms in total. The Kier molecular flexibility index (Phi) is 10.9. The van der Waals surface area contributed by atoms with Crippen LogP contribution in [0.3, 0.4) is 0 Å². The van der Waals surface area contributed by atoms with E-state index in [-0.39, 0.29) is 0 Å². The highest BCUT2D eigenvalue weighted by atomic mass is 16.6. The first kappa shape index (κ1) is 18.7. The molecular formula is C19H37NO.